The summed E-state index contributed by atoms with van der Waals surface area (Å²) in [5.74, 6) is 0. The Hall–Kier alpha value is -1.33. The van der Waals surface area contributed by atoms with E-state index in [9.17, 15) is 4.21 Å². The van der Waals surface area contributed by atoms with E-state index in [1.807, 2.05) is 57.5 Å². The first-order chi connectivity index (χ1) is 9.38. The van der Waals surface area contributed by atoms with Crippen molar-refractivity contribution in [2.75, 3.05) is 0 Å². The molecule has 0 fully saturated rings. The molecule has 1 aromatic heterocycles. The first-order valence-electron chi connectivity index (χ1n) is 6.34. The summed E-state index contributed by atoms with van der Waals surface area (Å²) in [7, 11) is -1.21. The van der Waals surface area contributed by atoms with Gasteiger partial charge in [-0.2, -0.15) is 4.40 Å². The highest BCUT2D eigenvalue weighted by Gasteiger charge is 2.18. The third-order valence-electron chi connectivity index (χ3n) is 2.74. The summed E-state index contributed by atoms with van der Waals surface area (Å²) < 4.78 is 15.6. The summed E-state index contributed by atoms with van der Waals surface area (Å²) in [6, 6.07) is 8.06. The van der Waals surface area contributed by atoms with E-state index in [0.717, 1.165) is 16.8 Å². The van der Waals surface area contributed by atoms with Crippen molar-refractivity contribution in [2.24, 2.45) is 4.40 Å². The fourth-order valence-electron chi connectivity index (χ4n) is 1.57. The van der Waals surface area contributed by atoms with Gasteiger partial charge in [0.1, 0.15) is 11.0 Å². The number of hydrogen-bond donors (Lipinski definition) is 0. The second kappa shape index (κ2) is 5.97. The zero-order chi connectivity index (χ0) is 14.8. The Balaban J connectivity index is 2.16. The Bertz CT molecular complexity index is 637. The van der Waals surface area contributed by atoms with Gasteiger partial charge in [0, 0.05) is 6.21 Å². The number of thiazole rings is 1. The first-order valence-corrected chi connectivity index (χ1v) is 8.33. The molecule has 1 heterocycles. The van der Waals surface area contributed by atoms with Crippen LogP contribution >= 0.6 is 11.3 Å². The molecule has 2 rings (SSSR count). The lowest BCUT2D eigenvalue weighted by Gasteiger charge is -2.12. The lowest BCUT2D eigenvalue weighted by atomic mass is 10.1. The molecule has 0 bridgehead atoms. The van der Waals surface area contributed by atoms with Crippen LogP contribution in [-0.2, 0) is 11.0 Å². The van der Waals surface area contributed by atoms with Gasteiger partial charge in [-0.25, -0.2) is 9.19 Å². The summed E-state index contributed by atoms with van der Waals surface area (Å²) in [4.78, 5) is 5.44. The molecule has 0 spiro atoms. The maximum atomic E-state index is 11.8. The minimum Gasteiger partial charge on any atom is -0.249 e. The molecule has 3 nitrogen and oxygen atoms in total. The van der Waals surface area contributed by atoms with Gasteiger partial charge in [-0.1, -0.05) is 24.3 Å². The Morgan fingerprint density at radius 3 is 2.40 bits per heavy atom. The van der Waals surface area contributed by atoms with Crippen molar-refractivity contribution in [3.05, 3.63) is 41.0 Å². The summed E-state index contributed by atoms with van der Waals surface area (Å²) in [6.07, 6.45) is 1.67. The van der Waals surface area contributed by atoms with Gasteiger partial charge in [0.05, 0.1) is 20.8 Å². The van der Waals surface area contributed by atoms with Crippen LogP contribution in [0.4, 0.5) is 0 Å². The van der Waals surface area contributed by atoms with E-state index in [2.05, 4.69) is 9.38 Å². The van der Waals surface area contributed by atoms with Crippen LogP contribution in [0.2, 0.25) is 0 Å². The molecule has 5 heteroatoms. The van der Waals surface area contributed by atoms with Crippen LogP contribution < -0.4 is 0 Å². The molecule has 106 valence electrons. The minimum atomic E-state index is -1.21. The topological polar surface area (TPSA) is 42.3 Å². The van der Waals surface area contributed by atoms with E-state index in [1.54, 1.807) is 17.6 Å². The molecule has 0 aliphatic heterocycles. The van der Waals surface area contributed by atoms with Gasteiger partial charge in [-0.3, -0.25) is 0 Å². The number of rotatable bonds is 3. The summed E-state index contributed by atoms with van der Waals surface area (Å²) in [5.41, 5.74) is 5.00. The van der Waals surface area contributed by atoms with E-state index < -0.39 is 11.0 Å². The molecule has 0 amide bonds. The third-order valence-corrected chi connectivity index (χ3v) is 5.06. The molecular weight excluding hydrogens is 288 g/mol. The van der Waals surface area contributed by atoms with Crippen molar-refractivity contribution in [3.8, 4) is 10.4 Å². The molecule has 0 saturated heterocycles. The van der Waals surface area contributed by atoms with E-state index in [0.29, 0.717) is 0 Å². The molecule has 20 heavy (non-hydrogen) atoms. The number of aryl methyl sites for hydroxylation is 1. The standard InChI is InChI=1S/C15H18N2OS2/c1-11-14(19-10-16-11)13-7-5-12(6-8-13)9-17-20(18)15(2,3)4/h5-10H,1-4H3/b17-9+/t20-/m0/s1. The number of aromatic nitrogens is 1. The molecule has 0 aliphatic rings. The fourth-order valence-corrected chi connectivity index (χ4v) is 2.91. The Kier molecular flexibility index (Phi) is 4.50. The van der Waals surface area contributed by atoms with Crippen LogP contribution in [0.1, 0.15) is 32.0 Å². The molecule has 0 aliphatic carbocycles. The normalized spacial score (nSPS) is 13.8. The van der Waals surface area contributed by atoms with Crippen LogP contribution in [0, 0.1) is 6.92 Å². The summed E-state index contributed by atoms with van der Waals surface area (Å²) in [6.45, 7) is 7.75. The predicted octanol–water partition coefficient (Wildman–Crippen LogP) is 4.00. The van der Waals surface area contributed by atoms with Crippen LogP contribution in [0.15, 0.2) is 34.2 Å². The lowest BCUT2D eigenvalue weighted by molar-refractivity contribution is 0.651. The molecule has 2 aromatic rings. The fraction of sp³-hybridized carbons (Fsp3) is 0.333. The van der Waals surface area contributed by atoms with Crippen LogP contribution in [0.3, 0.4) is 0 Å². The number of benzene rings is 1. The van der Waals surface area contributed by atoms with E-state index in [-0.39, 0.29) is 4.75 Å². The highest BCUT2D eigenvalue weighted by Crippen LogP contribution is 2.26. The largest absolute Gasteiger partial charge is 0.249 e. The molecular formula is C15H18N2OS2. The lowest BCUT2D eigenvalue weighted by Crippen LogP contribution is -2.19. The first kappa shape index (κ1) is 15.1. The van der Waals surface area contributed by atoms with Gasteiger partial charge in [0.15, 0.2) is 0 Å². The number of nitrogens with zero attached hydrogens (tertiary/aromatic N) is 2. The van der Waals surface area contributed by atoms with Gasteiger partial charge in [-0.05, 0) is 38.8 Å². The third kappa shape index (κ3) is 3.61. The van der Waals surface area contributed by atoms with Crippen molar-refractivity contribution in [2.45, 2.75) is 32.4 Å². The summed E-state index contributed by atoms with van der Waals surface area (Å²) in [5, 5.41) is 0. The molecule has 0 unspecified atom stereocenters. The maximum absolute atomic E-state index is 11.8. The average Bonchev–Trinajstić information content (AvgIpc) is 2.82. The zero-order valence-electron chi connectivity index (χ0n) is 12.1. The smallest absolute Gasteiger partial charge is 0.144 e. The van der Waals surface area contributed by atoms with Crippen molar-refractivity contribution in [1.82, 2.24) is 4.98 Å². The molecule has 0 N–H and O–H groups in total. The predicted molar refractivity (Wildman–Crippen MR) is 87.8 cm³/mol. The molecule has 0 saturated carbocycles. The van der Waals surface area contributed by atoms with Crippen molar-refractivity contribution >= 4 is 28.5 Å². The maximum Gasteiger partial charge on any atom is 0.144 e. The van der Waals surface area contributed by atoms with Crippen molar-refractivity contribution in [1.29, 1.82) is 0 Å². The van der Waals surface area contributed by atoms with Crippen molar-refractivity contribution in [3.63, 3.8) is 0 Å². The van der Waals surface area contributed by atoms with Gasteiger partial charge in [0.25, 0.3) is 0 Å². The van der Waals surface area contributed by atoms with E-state index >= 15 is 0 Å². The second-order valence-corrected chi connectivity index (χ2v) is 8.27. The van der Waals surface area contributed by atoms with E-state index in [4.69, 9.17) is 0 Å². The van der Waals surface area contributed by atoms with Crippen LogP contribution in [0.25, 0.3) is 10.4 Å². The van der Waals surface area contributed by atoms with Gasteiger partial charge in [0.2, 0.25) is 0 Å². The molecule has 1 atom stereocenters. The Morgan fingerprint density at radius 1 is 1.25 bits per heavy atom. The molecule has 1 aromatic carbocycles. The van der Waals surface area contributed by atoms with Crippen LogP contribution in [-0.4, -0.2) is 20.2 Å². The number of hydrogen-bond acceptors (Lipinski definition) is 3. The summed E-state index contributed by atoms with van der Waals surface area (Å²) >= 11 is 1.64. The Labute approximate surface area is 126 Å². The van der Waals surface area contributed by atoms with Gasteiger partial charge in [-0.15, -0.1) is 11.3 Å². The Morgan fingerprint density at radius 2 is 1.90 bits per heavy atom. The van der Waals surface area contributed by atoms with E-state index in [1.165, 1.54) is 4.88 Å². The van der Waals surface area contributed by atoms with Crippen molar-refractivity contribution < 1.29 is 4.21 Å². The quantitative estimate of drug-likeness (QED) is 0.804. The minimum absolute atomic E-state index is 0.323. The molecule has 0 radical (unpaired) electrons. The second-order valence-electron chi connectivity index (χ2n) is 5.48. The zero-order valence-corrected chi connectivity index (χ0v) is 13.7. The monoisotopic (exact) mass is 306 g/mol. The average molecular weight is 306 g/mol. The van der Waals surface area contributed by atoms with Gasteiger partial charge >= 0.3 is 0 Å². The van der Waals surface area contributed by atoms with Crippen LogP contribution in [0.5, 0.6) is 0 Å². The van der Waals surface area contributed by atoms with Gasteiger partial charge < -0.3 is 0 Å². The highest BCUT2D eigenvalue weighted by molar-refractivity contribution is 7.85. The highest BCUT2D eigenvalue weighted by atomic mass is 32.2. The SMILES string of the molecule is Cc1ncsc1-c1ccc(/C=N/[S@@](=O)C(C)(C)C)cc1.